The number of nitrogens with zero attached hydrogens (tertiary/aromatic N) is 1. The zero-order valence-corrected chi connectivity index (χ0v) is 10.2. The average Bonchev–Trinajstić information content (AvgIpc) is 2.27. The van der Waals surface area contributed by atoms with Gasteiger partial charge in [-0.15, -0.1) is 0 Å². The molecule has 0 aromatic heterocycles. The average molecular weight is 218 g/mol. The van der Waals surface area contributed by atoms with Gasteiger partial charge in [-0.1, -0.05) is 31.4 Å². The van der Waals surface area contributed by atoms with Gasteiger partial charge in [0.15, 0.2) is 0 Å². The normalized spacial score (nSPS) is 15.9. The highest BCUT2D eigenvalue weighted by Crippen LogP contribution is 2.29. The monoisotopic (exact) mass is 218 g/mol. The summed E-state index contributed by atoms with van der Waals surface area (Å²) in [5, 5.41) is 0. The van der Waals surface area contributed by atoms with Crippen molar-refractivity contribution in [1.82, 2.24) is 0 Å². The van der Waals surface area contributed by atoms with Gasteiger partial charge in [0.2, 0.25) is 0 Å². The minimum absolute atomic E-state index is 0.629. The largest absolute Gasteiger partial charge is 0.375 e. The lowest BCUT2D eigenvalue weighted by molar-refractivity contribution is 0.299. The van der Waals surface area contributed by atoms with Crippen LogP contribution in [0.2, 0.25) is 0 Å². The second-order valence-electron chi connectivity index (χ2n) is 4.88. The van der Waals surface area contributed by atoms with Gasteiger partial charge in [-0.05, 0) is 30.0 Å². The van der Waals surface area contributed by atoms with Crippen LogP contribution in [0.5, 0.6) is 0 Å². The highest BCUT2D eigenvalue weighted by atomic mass is 15.1. The van der Waals surface area contributed by atoms with Gasteiger partial charge in [-0.25, -0.2) is 0 Å². The summed E-state index contributed by atoms with van der Waals surface area (Å²) < 4.78 is 0. The van der Waals surface area contributed by atoms with Crippen molar-refractivity contribution in [3.05, 3.63) is 29.8 Å². The van der Waals surface area contributed by atoms with Gasteiger partial charge >= 0.3 is 0 Å². The first kappa shape index (κ1) is 11.5. The molecule has 2 rings (SSSR count). The molecule has 1 fully saturated rings. The van der Waals surface area contributed by atoms with Crippen LogP contribution in [0.3, 0.4) is 0 Å². The predicted molar refractivity (Wildman–Crippen MR) is 69.6 cm³/mol. The van der Waals surface area contributed by atoms with Gasteiger partial charge in [0.1, 0.15) is 0 Å². The van der Waals surface area contributed by atoms with Crippen LogP contribution in [0, 0.1) is 5.92 Å². The number of benzene rings is 1. The number of hydrogen-bond acceptors (Lipinski definition) is 2. The maximum absolute atomic E-state index is 5.65. The van der Waals surface area contributed by atoms with E-state index in [1.807, 2.05) is 0 Å². The molecule has 16 heavy (non-hydrogen) atoms. The van der Waals surface area contributed by atoms with E-state index in [1.54, 1.807) is 0 Å². The van der Waals surface area contributed by atoms with Crippen LogP contribution in [0.4, 0.5) is 5.69 Å². The number of hydrogen-bond donors (Lipinski definition) is 1. The van der Waals surface area contributed by atoms with E-state index in [1.165, 1.54) is 43.5 Å². The Bertz CT molecular complexity index is 331. The molecule has 0 heterocycles. The Morgan fingerprint density at radius 3 is 2.81 bits per heavy atom. The Morgan fingerprint density at radius 1 is 1.38 bits per heavy atom. The Kier molecular flexibility index (Phi) is 3.83. The Labute approximate surface area is 98.4 Å². The summed E-state index contributed by atoms with van der Waals surface area (Å²) in [6.07, 6.45) is 5.66. The van der Waals surface area contributed by atoms with Crippen molar-refractivity contribution >= 4 is 5.69 Å². The zero-order valence-electron chi connectivity index (χ0n) is 10.2. The van der Waals surface area contributed by atoms with Gasteiger partial charge in [-0.3, -0.25) is 0 Å². The molecule has 0 unspecified atom stereocenters. The predicted octanol–water partition coefficient (Wildman–Crippen LogP) is 2.77. The molecule has 0 bridgehead atoms. The van der Waals surface area contributed by atoms with E-state index >= 15 is 0 Å². The molecule has 0 amide bonds. The summed E-state index contributed by atoms with van der Waals surface area (Å²) in [6.45, 7) is 1.79. The molecule has 0 saturated heterocycles. The lowest BCUT2D eigenvalue weighted by atomic mass is 9.83. The lowest BCUT2D eigenvalue weighted by Crippen LogP contribution is -2.23. The Morgan fingerprint density at radius 2 is 2.19 bits per heavy atom. The molecular weight excluding hydrogens is 196 g/mol. The van der Waals surface area contributed by atoms with E-state index in [9.17, 15) is 0 Å². The van der Waals surface area contributed by atoms with Crippen molar-refractivity contribution in [2.24, 2.45) is 11.7 Å². The van der Waals surface area contributed by atoms with Crippen molar-refractivity contribution in [3.63, 3.8) is 0 Å². The van der Waals surface area contributed by atoms with Crippen LogP contribution in [0.25, 0.3) is 0 Å². The number of anilines is 1. The van der Waals surface area contributed by atoms with Crippen LogP contribution in [-0.2, 0) is 6.54 Å². The smallest absolute Gasteiger partial charge is 0.0366 e. The zero-order chi connectivity index (χ0) is 11.4. The summed E-state index contributed by atoms with van der Waals surface area (Å²) >= 11 is 0. The molecule has 1 aromatic carbocycles. The molecule has 0 atom stereocenters. The van der Waals surface area contributed by atoms with Crippen LogP contribution in [-0.4, -0.2) is 13.6 Å². The van der Waals surface area contributed by atoms with E-state index in [4.69, 9.17) is 5.73 Å². The summed E-state index contributed by atoms with van der Waals surface area (Å²) in [7, 11) is 2.17. The molecule has 2 N–H and O–H groups in total. The molecule has 0 spiro atoms. The maximum Gasteiger partial charge on any atom is 0.0366 e. The SMILES string of the molecule is CN(CCC1CCC1)c1cccc(CN)c1. The molecule has 1 aliphatic rings. The topological polar surface area (TPSA) is 29.3 Å². The second kappa shape index (κ2) is 5.35. The lowest BCUT2D eigenvalue weighted by Gasteiger charge is -2.28. The van der Waals surface area contributed by atoms with Crippen molar-refractivity contribution in [2.45, 2.75) is 32.2 Å². The maximum atomic E-state index is 5.65. The van der Waals surface area contributed by atoms with Crippen LogP contribution >= 0.6 is 0 Å². The molecule has 0 radical (unpaired) electrons. The van der Waals surface area contributed by atoms with Crippen molar-refractivity contribution in [2.75, 3.05) is 18.5 Å². The van der Waals surface area contributed by atoms with Crippen molar-refractivity contribution in [1.29, 1.82) is 0 Å². The molecule has 88 valence electrons. The number of nitrogens with two attached hydrogens (primary N) is 1. The second-order valence-corrected chi connectivity index (χ2v) is 4.88. The first-order chi connectivity index (χ1) is 7.79. The summed E-state index contributed by atoms with van der Waals surface area (Å²) in [6, 6.07) is 8.54. The molecule has 2 heteroatoms. The highest BCUT2D eigenvalue weighted by molar-refractivity contribution is 5.47. The third-order valence-corrected chi connectivity index (χ3v) is 3.68. The van der Waals surface area contributed by atoms with E-state index in [0.29, 0.717) is 6.54 Å². The third-order valence-electron chi connectivity index (χ3n) is 3.68. The van der Waals surface area contributed by atoms with E-state index in [0.717, 1.165) is 5.92 Å². The summed E-state index contributed by atoms with van der Waals surface area (Å²) in [4.78, 5) is 2.34. The fraction of sp³-hybridized carbons (Fsp3) is 0.571. The van der Waals surface area contributed by atoms with E-state index in [2.05, 4.69) is 36.2 Å². The minimum Gasteiger partial charge on any atom is -0.375 e. The first-order valence-electron chi connectivity index (χ1n) is 6.29. The van der Waals surface area contributed by atoms with Gasteiger partial charge in [0.05, 0.1) is 0 Å². The summed E-state index contributed by atoms with van der Waals surface area (Å²) in [5.74, 6) is 0.986. The van der Waals surface area contributed by atoms with E-state index < -0.39 is 0 Å². The fourth-order valence-corrected chi connectivity index (χ4v) is 2.21. The molecule has 2 nitrogen and oxygen atoms in total. The highest BCUT2D eigenvalue weighted by Gasteiger charge is 2.17. The summed E-state index contributed by atoms with van der Waals surface area (Å²) in [5.41, 5.74) is 8.16. The van der Waals surface area contributed by atoms with Crippen LogP contribution < -0.4 is 10.6 Å². The van der Waals surface area contributed by atoms with Gasteiger partial charge in [0.25, 0.3) is 0 Å². The Hall–Kier alpha value is -1.02. The van der Waals surface area contributed by atoms with Gasteiger partial charge in [0, 0.05) is 25.8 Å². The van der Waals surface area contributed by atoms with Gasteiger partial charge in [-0.2, -0.15) is 0 Å². The molecule has 1 saturated carbocycles. The standard InChI is InChI=1S/C14H22N2/c1-16(9-8-12-4-2-5-12)14-7-3-6-13(10-14)11-15/h3,6-7,10,12H,2,4-5,8-9,11,15H2,1H3. The quantitative estimate of drug-likeness (QED) is 0.823. The molecule has 1 aliphatic carbocycles. The third kappa shape index (κ3) is 2.76. The molecule has 1 aromatic rings. The minimum atomic E-state index is 0.629. The fourth-order valence-electron chi connectivity index (χ4n) is 2.21. The van der Waals surface area contributed by atoms with E-state index in [-0.39, 0.29) is 0 Å². The van der Waals surface area contributed by atoms with Gasteiger partial charge < -0.3 is 10.6 Å². The van der Waals surface area contributed by atoms with Crippen LogP contribution in [0.1, 0.15) is 31.2 Å². The van der Waals surface area contributed by atoms with Crippen LogP contribution in [0.15, 0.2) is 24.3 Å². The molecular formula is C14H22N2. The Balaban J connectivity index is 1.88. The van der Waals surface area contributed by atoms with Crippen molar-refractivity contribution < 1.29 is 0 Å². The molecule has 0 aliphatic heterocycles. The number of rotatable bonds is 5. The van der Waals surface area contributed by atoms with Crippen molar-refractivity contribution in [3.8, 4) is 0 Å². The first-order valence-corrected chi connectivity index (χ1v) is 6.29.